The van der Waals surface area contributed by atoms with Gasteiger partial charge >= 0.3 is 0 Å². The third kappa shape index (κ3) is 4.88. The zero-order chi connectivity index (χ0) is 19.3. The highest BCUT2D eigenvalue weighted by Crippen LogP contribution is 2.23. The highest BCUT2D eigenvalue weighted by Gasteiger charge is 2.26. The molecule has 1 aromatic carbocycles. The van der Waals surface area contributed by atoms with E-state index in [1.54, 1.807) is 24.1 Å². The van der Waals surface area contributed by atoms with Gasteiger partial charge < -0.3 is 4.90 Å². The highest BCUT2D eigenvalue weighted by molar-refractivity contribution is 7.99. The van der Waals surface area contributed by atoms with Crippen molar-refractivity contribution in [3.63, 3.8) is 0 Å². The van der Waals surface area contributed by atoms with E-state index >= 15 is 0 Å². The van der Waals surface area contributed by atoms with Gasteiger partial charge in [-0.15, -0.1) is 0 Å². The van der Waals surface area contributed by atoms with Crippen LogP contribution < -0.4 is 4.90 Å². The average Bonchev–Trinajstić information content (AvgIpc) is 2.73. The van der Waals surface area contributed by atoms with E-state index in [0.29, 0.717) is 18.1 Å². The summed E-state index contributed by atoms with van der Waals surface area (Å²) in [5.74, 6) is 0.189. The first-order valence-electron chi connectivity index (χ1n) is 8.89. The molecule has 27 heavy (non-hydrogen) atoms. The summed E-state index contributed by atoms with van der Waals surface area (Å²) in [4.78, 5) is 18.4. The zero-order valence-corrected chi connectivity index (χ0v) is 16.9. The van der Waals surface area contributed by atoms with E-state index in [-0.39, 0.29) is 16.6 Å². The molecule has 0 atom stereocenters. The van der Waals surface area contributed by atoms with Crippen molar-refractivity contribution in [2.24, 2.45) is 0 Å². The van der Waals surface area contributed by atoms with Crippen molar-refractivity contribution in [3.05, 3.63) is 48.7 Å². The van der Waals surface area contributed by atoms with Gasteiger partial charge in [0.05, 0.1) is 10.8 Å². The number of amides is 1. The minimum Gasteiger partial charge on any atom is -0.315 e. The number of carbonyl (C=O) groups excluding carboxylic acids is 1. The Kier molecular flexibility index (Phi) is 6.51. The lowest BCUT2D eigenvalue weighted by Gasteiger charge is -2.25. The Balaban J connectivity index is 1.60. The number of hydrogen-bond donors (Lipinski definition) is 0. The summed E-state index contributed by atoms with van der Waals surface area (Å²) in [7, 11) is -1.74. The summed E-state index contributed by atoms with van der Waals surface area (Å²) in [5.41, 5.74) is 0.832. The fourth-order valence-corrected chi connectivity index (χ4v) is 5.11. The van der Waals surface area contributed by atoms with Gasteiger partial charge in [0.15, 0.2) is 0 Å². The second-order valence-corrected chi connectivity index (χ2v) is 9.31. The maximum Gasteiger partial charge on any atom is 0.244 e. The quantitative estimate of drug-likeness (QED) is 0.691. The molecule has 1 saturated heterocycles. The number of sulfonamides is 1. The minimum absolute atomic E-state index is 0.0435. The van der Waals surface area contributed by atoms with Crippen molar-refractivity contribution in [2.75, 3.05) is 30.8 Å². The molecule has 2 heterocycles. The van der Waals surface area contributed by atoms with Gasteiger partial charge in [-0.3, -0.25) is 4.79 Å². The lowest BCUT2D eigenvalue weighted by atomic mass is 10.2. The van der Waals surface area contributed by atoms with Gasteiger partial charge in [0.2, 0.25) is 15.9 Å². The maximum absolute atomic E-state index is 12.6. The molecule has 1 aromatic heterocycles. The highest BCUT2D eigenvalue weighted by atomic mass is 32.2. The molecule has 1 aliphatic heterocycles. The van der Waals surface area contributed by atoms with Crippen LogP contribution in [0, 0.1) is 0 Å². The third-order valence-electron chi connectivity index (χ3n) is 4.52. The molecule has 1 fully saturated rings. The molecule has 0 bridgehead atoms. The molecular formula is C19H23N3O3S2. The summed E-state index contributed by atoms with van der Waals surface area (Å²) < 4.78 is 26.8. The van der Waals surface area contributed by atoms with Gasteiger partial charge in [-0.05, 0) is 37.1 Å². The number of thioether (sulfide) groups is 1. The van der Waals surface area contributed by atoms with Crippen molar-refractivity contribution in [1.82, 2.24) is 9.29 Å². The number of pyridine rings is 1. The van der Waals surface area contributed by atoms with Gasteiger partial charge in [0.25, 0.3) is 0 Å². The molecule has 1 aliphatic rings. The van der Waals surface area contributed by atoms with Crippen LogP contribution in [-0.4, -0.2) is 49.5 Å². The number of rotatable bonds is 6. The lowest BCUT2D eigenvalue weighted by Crippen LogP contribution is -2.35. The summed E-state index contributed by atoms with van der Waals surface area (Å²) >= 11 is 1.30. The van der Waals surface area contributed by atoms with Crippen LogP contribution in [0.15, 0.2) is 58.6 Å². The van der Waals surface area contributed by atoms with E-state index in [0.717, 1.165) is 24.9 Å². The summed E-state index contributed by atoms with van der Waals surface area (Å²) in [6, 6.07) is 12.7. The first-order valence-corrected chi connectivity index (χ1v) is 11.3. The number of carbonyl (C=O) groups is 1. The predicted molar refractivity (Wildman–Crippen MR) is 107 cm³/mol. The van der Waals surface area contributed by atoms with Crippen LogP contribution in [0.25, 0.3) is 0 Å². The van der Waals surface area contributed by atoms with Crippen LogP contribution in [0.2, 0.25) is 0 Å². The van der Waals surface area contributed by atoms with Crippen LogP contribution in [0.5, 0.6) is 0 Å². The molecule has 0 unspecified atom stereocenters. The van der Waals surface area contributed by atoms with Gasteiger partial charge in [-0.2, -0.15) is 4.31 Å². The molecule has 0 N–H and O–H groups in total. The average molecular weight is 406 g/mol. The standard InChI is InChI=1S/C19H23N3O3S2/c1-21(16-8-4-2-5-9-16)19(23)15-26-18-11-10-17(14-20-18)27(24,25)22-12-6-3-7-13-22/h2,4-5,8-11,14H,3,6-7,12-13,15H2,1H3. The first-order chi connectivity index (χ1) is 13.0. The fourth-order valence-electron chi connectivity index (χ4n) is 2.89. The van der Waals surface area contributed by atoms with Crippen LogP contribution >= 0.6 is 11.8 Å². The largest absolute Gasteiger partial charge is 0.315 e. The number of nitrogens with zero attached hydrogens (tertiary/aromatic N) is 3. The Hall–Kier alpha value is -1.90. The van der Waals surface area contributed by atoms with Crippen molar-refractivity contribution < 1.29 is 13.2 Å². The van der Waals surface area contributed by atoms with Crippen molar-refractivity contribution in [1.29, 1.82) is 0 Å². The molecule has 1 amide bonds. The van der Waals surface area contributed by atoms with Gasteiger partial charge in [0.1, 0.15) is 4.90 Å². The van der Waals surface area contributed by atoms with Gasteiger partial charge in [-0.1, -0.05) is 36.4 Å². The zero-order valence-electron chi connectivity index (χ0n) is 15.2. The summed E-state index contributed by atoms with van der Waals surface area (Å²) in [6.07, 6.45) is 4.26. The Morgan fingerprint density at radius 3 is 2.44 bits per heavy atom. The normalized spacial score (nSPS) is 15.4. The smallest absolute Gasteiger partial charge is 0.244 e. The topological polar surface area (TPSA) is 70.6 Å². The first kappa shape index (κ1) is 19.9. The van der Waals surface area contributed by atoms with Crippen molar-refractivity contribution >= 4 is 33.4 Å². The molecule has 0 radical (unpaired) electrons. The molecular weight excluding hydrogens is 382 g/mol. The Morgan fingerprint density at radius 2 is 1.81 bits per heavy atom. The molecule has 144 valence electrons. The van der Waals surface area contributed by atoms with Crippen LogP contribution in [0.4, 0.5) is 5.69 Å². The SMILES string of the molecule is CN(C(=O)CSc1ccc(S(=O)(=O)N2CCCCC2)cn1)c1ccccc1. The lowest BCUT2D eigenvalue weighted by molar-refractivity contribution is -0.115. The summed E-state index contributed by atoms with van der Waals surface area (Å²) in [6.45, 7) is 1.14. The number of anilines is 1. The minimum atomic E-state index is -3.47. The van der Waals surface area contributed by atoms with Crippen molar-refractivity contribution in [3.8, 4) is 0 Å². The fraction of sp³-hybridized carbons (Fsp3) is 0.368. The molecule has 6 nitrogen and oxygen atoms in total. The third-order valence-corrected chi connectivity index (χ3v) is 7.33. The molecule has 0 saturated carbocycles. The Bertz CT molecular complexity index is 865. The van der Waals surface area contributed by atoms with Crippen LogP contribution in [-0.2, 0) is 14.8 Å². The second kappa shape index (κ2) is 8.86. The number of benzene rings is 1. The van der Waals surface area contributed by atoms with E-state index in [9.17, 15) is 13.2 Å². The molecule has 0 spiro atoms. The number of aromatic nitrogens is 1. The van der Waals surface area contributed by atoms with Crippen LogP contribution in [0.1, 0.15) is 19.3 Å². The summed E-state index contributed by atoms with van der Waals surface area (Å²) in [5, 5.41) is 0.627. The maximum atomic E-state index is 12.6. The predicted octanol–water partition coefficient (Wildman–Crippen LogP) is 3.01. The Morgan fingerprint density at radius 1 is 1.11 bits per heavy atom. The molecule has 8 heteroatoms. The van der Waals surface area contributed by atoms with E-state index in [1.165, 1.54) is 22.3 Å². The van der Waals surface area contributed by atoms with Gasteiger partial charge in [-0.25, -0.2) is 13.4 Å². The van der Waals surface area contributed by atoms with Gasteiger partial charge in [0, 0.05) is 32.0 Å². The monoisotopic (exact) mass is 405 g/mol. The Labute approximate surface area is 164 Å². The van der Waals surface area contributed by atoms with Crippen LogP contribution in [0.3, 0.4) is 0 Å². The van der Waals surface area contributed by atoms with Crippen molar-refractivity contribution in [2.45, 2.75) is 29.2 Å². The number of hydrogen-bond acceptors (Lipinski definition) is 5. The van der Waals surface area contributed by atoms with E-state index in [1.807, 2.05) is 30.3 Å². The molecule has 0 aliphatic carbocycles. The molecule has 3 rings (SSSR count). The molecule has 2 aromatic rings. The van der Waals surface area contributed by atoms with E-state index < -0.39 is 10.0 Å². The van der Waals surface area contributed by atoms with E-state index in [4.69, 9.17) is 0 Å². The number of piperidine rings is 1. The second-order valence-electron chi connectivity index (χ2n) is 6.37. The van der Waals surface area contributed by atoms with E-state index in [2.05, 4.69) is 4.98 Å². The number of para-hydroxylation sites is 1.